The number of Topliss-reactive ketones (excluding diaryl/α,β-unsaturated/α-hetero) is 1. The Hall–Kier alpha value is -1.20. The molecule has 1 aromatic rings. The predicted octanol–water partition coefficient (Wildman–Crippen LogP) is 1.29. The molecule has 0 atom stereocenters. The van der Waals surface area contributed by atoms with Crippen LogP contribution in [0.25, 0.3) is 0 Å². The molecule has 0 aliphatic carbocycles. The van der Waals surface area contributed by atoms with Crippen molar-refractivity contribution < 1.29 is 18.3 Å². The first-order valence-corrected chi connectivity index (χ1v) is 7.69. The molecule has 1 aliphatic rings. The van der Waals surface area contributed by atoms with Gasteiger partial charge in [-0.15, -0.1) is 0 Å². The number of hydrogen-bond donors (Lipinski definition) is 1. The molecule has 0 bridgehead atoms. The van der Waals surface area contributed by atoms with E-state index < -0.39 is 15.4 Å². The van der Waals surface area contributed by atoms with Gasteiger partial charge in [0.2, 0.25) is 0 Å². The highest BCUT2D eigenvalue weighted by Crippen LogP contribution is 2.34. The van der Waals surface area contributed by atoms with Gasteiger partial charge in [0, 0.05) is 5.56 Å². The standard InChI is InChI=1S/C13H16O4S/c1-10(14)11-3-2-4-12(9-11)13(15)5-7-18(16,17)8-6-13/h2-4,9,15H,5-8H2,1H3. The number of ketones is 1. The molecular formula is C13H16O4S. The maximum Gasteiger partial charge on any atom is 0.159 e. The van der Waals surface area contributed by atoms with Crippen molar-refractivity contribution in [3.05, 3.63) is 35.4 Å². The smallest absolute Gasteiger partial charge is 0.159 e. The zero-order valence-corrected chi connectivity index (χ0v) is 11.0. The van der Waals surface area contributed by atoms with Gasteiger partial charge in [-0.05, 0) is 31.4 Å². The third-order valence-corrected chi connectivity index (χ3v) is 5.11. The monoisotopic (exact) mass is 268 g/mol. The molecule has 1 N–H and O–H groups in total. The molecule has 1 fully saturated rings. The van der Waals surface area contributed by atoms with E-state index in [1.807, 2.05) is 0 Å². The average Bonchev–Trinajstić information content (AvgIpc) is 2.34. The largest absolute Gasteiger partial charge is 0.385 e. The lowest BCUT2D eigenvalue weighted by Crippen LogP contribution is -2.36. The Morgan fingerprint density at radius 3 is 2.44 bits per heavy atom. The molecular weight excluding hydrogens is 252 g/mol. The van der Waals surface area contributed by atoms with Crippen molar-refractivity contribution in [3.8, 4) is 0 Å². The molecule has 2 rings (SSSR count). The van der Waals surface area contributed by atoms with Crippen LogP contribution in [-0.2, 0) is 15.4 Å². The summed E-state index contributed by atoms with van der Waals surface area (Å²) in [4.78, 5) is 11.3. The van der Waals surface area contributed by atoms with E-state index in [1.54, 1.807) is 24.3 Å². The van der Waals surface area contributed by atoms with Gasteiger partial charge in [0.1, 0.15) is 0 Å². The number of carbonyl (C=O) groups excluding carboxylic acids is 1. The molecule has 98 valence electrons. The van der Waals surface area contributed by atoms with Gasteiger partial charge in [-0.2, -0.15) is 0 Å². The van der Waals surface area contributed by atoms with Gasteiger partial charge in [-0.25, -0.2) is 8.42 Å². The lowest BCUT2D eigenvalue weighted by atomic mass is 9.87. The highest BCUT2D eigenvalue weighted by Gasteiger charge is 2.36. The highest BCUT2D eigenvalue weighted by molar-refractivity contribution is 7.91. The molecule has 1 heterocycles. The van der Waals surface area contributed by atoms with Crippen LogP contribution in [0.5, 0.6) is 0 Å². The lowest BCUT2D eigenvalue weighted by molar-refractivity contribution is 0.0263. The van der Waals surface area contributed by atoms with Gasteiger partial charge in [0.15, 0.2) is 15.6 Å². The number of rotatable bonds is 2. The zero-order chi connectivity index (χ0) is 13.4. The number of carbonyl (C=O) groups is 1. The van der Waals surface area contributed by atoms with Crippen molar-refractivity contribution >= 4 is 15.6 Å². The van der Waals surface area contributed by atoms with E-state index in [2.05, 4.69) is 0 Å². The van der Waals surface area contributed by atoms with E-state index in [0.29, 0.717) is 11.1 Å². The molecule has 0 amide bonds. The van der Waals surface area contributed by atoms with Crippen LogP contribution in [0.3, 0.4) is 0 Å². The van der Waals surface area contributed by atoms with Gasteiger partial charge in [0.25, 0.3) is 0 Å². The van der Waals surface area contributed by atoms with E-state index >= 15 is 0 Å². The number of aliphatic hydroxyl groups is 1. The molecule has 0 radical (unpaired) electrons. The van der Waals surface area contributed by atoms with Crippen LogP contribution >= 0.6 is 0 Å². The molecule has 1 aliphatic heterocycles. The highest BCUT2D eigenvalue weighted by atomic mass is 32.2. The number of benzene rings is 1. The third kappa shape index (κ3) is 2.62. The quantitative estimate of drug-likeness (QED) is 0.820. The average molecular weight is 268 g/mol. The summed E-state index contributed by atoms with van der Waals surface area (Å²) in [5.41, 5.74) is 0.0380. The molecule has 1 aromatic carbocycles. The number of sulfone groups is 1. The second-order valence-corrected chi connectivity index (χ2v) is 7.12. The van der Waals surface area contributed by atoms with Crippen molar-refractivity contribution in [2.24, 2.45) is 0 Å². The second-order valence-electron chi connectivity index (χ2n) is 4.82. The Bertz CT molecular complexity index is 560. The van der Waals surface area contributed by atoms with Crippen molar-refractivity contribution in [1.29, 1.82) is 0 Å². The van der Waals surface area contributed by atoms with Crippen LogP contribution in [-0.4, -0.2) is 30.8 Å². The predicted molar refractivity (Wildman–Crippen MR) is 68.2 cm³/mol. The molecule has 5 heteroatoms. The van der Waals surface area contributed by atoms with Crippen molar-refractivity contribution in [1.82, 2.24) is 0 Å². The Morgan fingerprint density at radius 1 is 1.28 bits per heavy atom. The molecule has 1 saturated heterocycles. The minimum absolute atomic E-state index is 0.00615. The maximum atomic E-state index is 11.4. The van der Waals surface area contributed by atoms with Gasteiger partial charge in [-0.1, -0.05) is 18.2 Å². The van der Waals surface area contributed by atoms with Crippen LogP contribution in [0.4, 0.5) is 0 Å². The Labute approximate surface area is 107 Å². The van der Waals surface area contributed by atoms with Crippen molar-refractivity contribution in [3.63, 3.8) is 0 Å². The summed E-state index contributed by atoms with van der Waals surface area (Å²) in [6.45, 7) is 1.47. The van der Waals surface area contributed by atoms with Gasteiger partial charge in [-0.3, -0.25) is 4.79 Å². The fraction of sp³-hybridized carbons (Fsp3) is 0.462. The van der Waals surface area contributed by atoms with Crippen LogP contribution < -0.4 is 0 Å². The lowest BCUT2D eigenvalue weighted by Gasteiger charge is -2.32. The minimum Gasteiger partial charge on any atom is -0.385 e. The van der Waals surface area contributed by atoms with E-state index in [4.69, 9.17) is 0 Å². The Balaban J connectivity index is 2.31. The fourth-order valence-corrected chi connectivity index (χ4v) is 3.69. The van der Waals surface area contributed by atoms with E-state index in [9.17, 15) is 18.3 Å². The van der Waals surface area contributed by atoms with Crippen LogP contribution in [0.15, 0.2) is 24.3 Å². The summed E-state index contributed by atoms with van der Waals surface area (Å²) in [5, 5.41) is 10.5. The first kappa shape index (κ1) is 13.2. The molecule has 0 spiro atoms. The summed E-state index contributed by atoms with van der Waals surface area (Å²) in [6.07, 6.45) is 0.382. The molecule has 0 unspecified atom stereocenters. The van der Waals surface area contributed by atoms with Crippen LogP contribution in [0.2, 0.25) is 0 Å². The zero-order valence-electron chi connectivity index (χ0n) is 10.2. The maximum absolute atomic E-state index is 11.4. The first-order valence-electron chi connectivity index (χ1n) is 5.87. The van der Waals surface area contributed by atoms with Gasteiger partial charge in [0.05, 0.1) is 17.1 Å². The van der Waals surface area contributed by atoms with Crippen molar-refractivity contribution in [2.45, 2.75) is 25.4 Å². The topological polar surface area (TPSA) is 71.4 Å². The summed E-state index contributed by atoms with van der Waals surface area (Å²) in [5.74, 6) is -0.0782. The molecule has 4 nitrogen and oxygen atoms in total. The van der Waals surface area contributed by atoms with Gasteiger partial charge >= 0.3 is 0 Å². The summed E-state index contributed by atoms with van der Waals surface area (Å²) in [7, 11) is -3.02. The third-order valence-electron chi connectivity index (χ3n) is 3.46. The van der Waals surface area contributed by atoms with E-state index in [1.165, 1.54) is 6.92 Å². The normalized spacial score (nSPS) is 21.4. The molecule has 18 heavy (non-hydrogen) atoms. The van der Waals surface area contributed by atoms with Crippen molar-refractivity contribution in [2.75, 3.05) is 11.5 Å². The SMILES string of the molecule is CC(=O)c1cccc(C2(O)CCS(=O)(=O)CC2)c1. The summed E-state index contributed by atoms with van der Waals surface area (Å²) < 4.78 is 22.8. The summed E-state index contributed by atoms with van der Waals surface area (Å²) >= 11 is 0. The Kier molecular flexibility index (Phi) is 3.29. The molecule has 0 saturated carbocycles. The fourth-order valence-electron chi connectivity index (χ4n) is 2.19. The van der Waals surface area contributed by atoms with E-state index in [0.717, 1.165) is 0 Å². The van der Waals surface area contributed by atoms with E-state index in [-0.39, 0.29) is 30.1 Å². The molecule has 0 aromatic heterocycles. The van der Waals surface area contributed by atoms with Gasteiger partial charge < -0.3 is 5.11 Å². The summed E-state index contributed by atoms with van der Waals surface area (Å²) in [6, 6.07) is 6.80. The second kappa shape index (κ2) is 4.48. The minimum atomic E-state index is -3.02. The number of hydrogen-bond acceptors (Lipinski definition) is 4. The first-order chi connectivity index (χ1) is 8.32. The van der Waals surface area contributed by atoms with Crippen LogP contribution in [0.1, 0.15) is 35.7 Å². The van der Waals surface area contributed by atoms with Crippen LogP contribution in [0, 0.1) is 0 Å². The Morgan fingerprint density at radius 2 is 1.89 bits per heavy atom.